The van der Waals surface area contributed by atoms with Crippen molar-refractivity contribution in [2.24, 2.45) is 13.0 Å². The van der Waals surface area contributed by atoms with Crippen LogP contribution in [0.25, 0.3) is 0 Å². The first-order chi connectivity index (χ1) is 11.2. The molecule has 0 saturated heterocycles. The van der Waals surface area contributed by atoms with E-state index in [0.717, 1.165) is 23.9 Å². The Bertz CT molecular complexity index is 691. The van der Waals surface area contributed by atoms with E-state index in [-0.39, 0.29) is 11.8 Å². The molecular formula is C15H20N6O2. The second-order valence-corrected chi connectivity index (χ2v) is 6.38. The molecule has 1 amide bonds. The summed E-state index contributed by atoms with van der Waals surface area (Å²) in [4.78, 5) is 14.4. The summed E-state index contributed by atoms with van der Waals surface area (Å²) in [6, 6.07) is 1.69. The summed E-state index contributed by atoms with van der Waals surface area (Å²) < 4.78 is 7.67. The number of amides is 1. The molecule has 8 heteroatoms. The molecule has 1 N–H and O–H groups in total. The minimum absolute atomic E-state index is 0.0639. The van der Waals surface area contributed by atoms with E-state index in [0.29, 0.717) is 25.4 Å². The highest BCUT2D eigenvalue weighted by molar-refractivity contribution is 5.92. The van der Waals surface area contributed by atoms with Crippen LogP contribution in [-0.2, 0) is 18.3 Å². The molecule has 1 aliphatic heterocycles. The van der Waals surface area contributed by atoms with Crippen molar-refractivity contribution in [3.05, 3.63) is 29.3 Å². The molecule has 122 valence electrons. The summed E-state index contributed by atoms with van der Waals surface area (Å²) in [6.07, 6.45) is 4.13. The van der Waals surface area contributed by atoms with Crippen LogP contribution in [0, 0.1) is 5.92 Å². The molecule has 8 nitrogen and oxygen atoms in total. The summed E-state index contributed by atoms with van der Waals surface area (Å²) in [7, 11) is 1.89. The summed E-state index contributed by atoms with van der Waals surface area (Å²) in [5.41, 5.74) is 2.43. The maximum absolute atomic E-state index is 12.6. The Kier molecular flexibility index (Phi) is 3.60. The fourth-order valence-electron chi connectivity index (χ4n) is 3.11. The predicted octanol–water partition coefficient (Wildman–Crippen LogP) is 0.704. The van der Waals surface area contributed by atoms with Gasteiger partial charge in [0.2, 0.25) is 0 Å². The zero-order valence-electron chi connectivity index (χ0n) is 13.1. The fourth-order valence-corrected chi connectivity index (χ4v) is 3.11. The Labute approximate surface area is 133 Å². The van der Waals surface area contributed by atoms with Crippen LogP contribution in [0.2, 0.25) is 0 Å². The van der Waals surface area contributed by atoms with Crippen molar-refractivity contribution in [1.29, 1.82) is 0 Å². The van der Waals surface area contributed by atoms with Gasteiger partial charge in [-0.1, -0.05) is 5.21 Å². The number of aryl methyl sites for hydroxylation is 1. The lowest BCUT2D eigenvalue weighted by Gasteiger charge is -2.31. The van der Waals surface area contributed by atoms with Crippen LogP contribution in [-0.4, -0.2) is 55.8 Å². The van der Waals surface area contributed by atoms with Gasteiger partial charge in [-0.2, -0.15) is 5.10 Å². The van der Waals surface area contributed by atoms with Crippen LogP contribution in [0.1, 0.15) is 40.6 Å². The minimum atomic E-state index is -0.0639. The zero-order chi connectivity index (χ0) is 15.8. The van der Waals surface area contributed by atoms with Crippen molar-refractivity contribution >= 4 is 5.91 Å². The number of nitrogens with zero attached hydrogens (tertiary/aromatic N) is 5. The van der Waals surface area contributed by atoms with Gasteiger partial charge in [0.05, 0.1) is 18.8 Å². The van der Waals surface area contributed by atoms with Crippen LogP contribution in [0.5, 0.6) is 0 Å². The first kappa shape index (κ1) is 14.4. The number of hydrogen-bond acceptors (Lipinski definition) is 5. The molecular weight excluding hydrogens is 296 g/mol. The molecule has 1 unspecified atom stereocenters. The molecule has 1 aliphatic carbocycles. The van der Waals surface area contributed by atoms with Crippen molar-refractivity contribution in [3.63, 3.8) is 0 Å². The number of rotatable bonds is 5. The third-order valence-corrected chi connectivity index (χ3v) is 4.50. The lowest BCUT2D eigenvalue weighted by molar-refractivity contribution is 0.0613. The Morgan fingerprint density at radius 1 is 1.43 bits per heavy atom. The van der Waals surface area contributed by atoms with Crippen LogP contribution in [0.4, 0.5) is 0 Å². The van der Waals surface area contributed by atoms with Crippen LogP contribution >= 0.6 is 0 Å². The highest BCUT2D eigenvalue weighted by Crippen LogP contribution is 2.31. The number of hydrogen-bond donors (Lipinski definition) is 1. The molecule has 2 aromatic heterocycles. The Balaban J connectivity index is 1.51. The van der Waals surface area contributed by atoms with Crippen LogP contribution < -0.4 is 0 Å². The average Bonchev–Trinajstić information content (AvgIpc) is 3.07. The van der Waals surface area contributed by atoms with Gasteiger partial charge in [-0.3, -0.25) is 14.6 Å². The van der Waals surface area contributed by atoms with Gasteiger partial charge >= 0.3 is 0 Å². The number of ether oxygens (including phenoxy) is 1. The molecule has 0 aromatic carbocycles. The van der Waals surface area contributed by atoms with Crippen molar-refractivity contribution < 1.29 is 9.53 Å². The van der Waals surface area contributed by atoms with E-state index in [1.807, 2.05) is 7.05 Å². The zero-order valence-corrected chi connectivity index (χ0v) is 13.1. The number of nitrogens with one attached hydrogen (secondary N) is 1. The van der Waals surface area contributed by atoms with Gasteiger partial charge in [0.25, 0.3) is 5.91 Å². The molecule has 23 heavy (non-hydrogen) atoms. The maximum Gasteiger partial charge on any atom is 0.272 e. The summed E-state index contributed by atoms with van der Waals surface area (Å²) in [5, 5.41) is 14.9. The topological polar surface area (TPSA) is 88.9 Å². The maximum atomic E-state index is 12.6. The number of aromatic nitrogens is 5. The van der Waals surface area contributed by atoms with Crippen molar-refractivity contribution in [1.82, 2.24) is 30.1 Å². The van der Waals surface area contributed by atoms with E-state index < -0.39 is 0 Å². The lowest BCUT2D eigenvalue weighted by atomic mass is 9.98. The Morgan fingerprint density at radius 2 is 2.30 bits per heavy atom. The number of H-pyrrole nitrogens is 1. The molecule has 1 saturated carbocycles. The Hall–Kier alpha value is -2.22. The van der Waals surface area contributed by atoms with Crippen molar-refractivity contribution in [2.45, 2.75) is 25.3 Å². The standard InChI is InChI=1S/C15H20N6O2/c1-20-14-11(9-23-8-10-2-3-10)6-21(7-13(14)18-19-20)15(22)12-4-5-16-17-12/h4-5,10-11H,2-3,6-9H2,1H3,(H,16,17). The van der Waals surface area contributed by atoms with E-state index in [4.69, 9.17) is 4.74 Å². The Morgan fingerprint density at radius 3 is 3.04 bits per heavy atom. The number of fused-ring (bicyclic) bond motifs is 1. The van der Waals surface area contributed by atoms with Crippen molar-refractivity contribution in [3.8, 4) is 0 Å². The molecule has 2 aromatic rings. The summed E-state index contributed by atoms with van der Waals surface area (Å²) in [6.45, 7) is 2.49. The van der Waals surface area contributed by atoms with E-state index in [1.54, 1.807) is 21.8 Å². The second-order valence-electron chi connectivity index (χ2n) is 6.38. The van der Waals surface area contributed by atoms with E-state index in [1.165, 1.54) is 12.8 Å². The molecule has 1 atom stereocenters. The molecule has 0 bridgehead atoms. The van der Waals surface area contributed by atoms with Crippen molar-refractivity contribution in [2.75, 3.05) is 19.8 Å². The van der Waals surface area contributed by atoms with Gasteiger partial charge < -0.3 is 9.64 Å². The molecule has 4 rings (SSSR count). The lowest BCUT2D eigenvalue weighted by Crippen LogP contribution is -2.40. The first-order valence-electron chi connectivity index (χ1n) is 7.97. The first-order valence-corrected chi connectivity index (χ1v) is 7.97. The number of aromatic amines is 1. The SMILES string of the molecule is Cn1nnc2c1C(COCC1CC1)CN(C(=O)c1ccn[nH]1)C2. The average molecular weight is 316 g/mol. The highest BCUT2D eigenvalue weighted by atomic mass is 16.5. The third-order valence-electron chi connectivity index (χ3n) is 4.50. The quantitative estimate of drug-likeness (QED) is 0.877. The molecule has 2 aliphatic rings. The van der Waals surface area contributed by atoms with E-state index in [2.05, 4.69) is 20.5 Å². The number of carbonyl (C=O) groups excluding carboxylic acids is 1. The van der Waals surface area contributed by atoms with E-state index >= 15 is 0 Å². The van der Waals surface area contributed by atoms with Gasteiger partial charge in [-0.15, -0.1) is 5.10 Å². The van der Waals surface area contributed by atoms with Gasteiger partial charge in [0.15, 0.2) is 0 Å². The highest BCUT2D eigenvalue weighted by Gasteiger charge is 2.33. The smallest absolute Gasteiger partial charge is 0.272 e. The minimum Gasteiger partial charge on any atom is -0.380 e. The molecule has 3 heterocycles. The number of carbonyl (C=O) groups is 1. The van der Waals surface area contributed by atoms with Gasteiger partial charge in [0, 0.05) is 32.3 Å². The second kappa shape index (κ2) is 5.77. The van der Waals surface area contributed by atoms with Gasteiger partial charge in [-0.25, -0.2) is 0 Å². The summed E-state index contributed by atoms with van der Waals surface area (Å²) in [5.74, 6) is 0.765. The predicted molar refractivity (Wildman–Crippen MR) is 80.6 cm³/mol. The monoisotopic (exact) mass is 316 g/mol. The van der Waals surface area contributed by atoms with Gasteiger partial charge in [-0.05, 0) is 24.8 Å². The fraction of sp³-hybridized carbons (Fsp3) is 0.600. The largest absolute Gasteiger partial charge is 0.380 e. The molecule has 0 spiro atoms. The third kappa shape index (κ3) is 2.86. The van der Waals surface area contributed by atoms with Crippen LogP contribution in [0.3, 0.4) is 0 Å². The van der Waals surface area contributed by atoms with Gasteiger partial charge in [0.1, 0.15) is 11.4 Å². The molecule has 0 radical (unpaired) electrons. The normalized spacial score (nSPS) is 20.6. The van der Waals surface area contributed by atoms with Crippen LogP contribution in [0.15, 0.2) is 12.3 Å². The van der Waals surface area contributed by atoms with E-state index in [9.17, 15) is 4.79 Å². The molecule has 1 fully saturated rings. The summed E-state index contributed by atoms with van der Waals surface area (Å²) >= 11 is 0.